The molecular weight excluding hydrogens is 757 g/mol. The van der Waals surface area contributed by atoms with Gasteiger partial charge in [0.05, 0.1) is 6.17 Å². The van der Waals surface area contributed by atoms with E-state index in [-0.39, 0.29) is 19.4 Å². The molecule has 6 nitrogen and oxygen atoms in total. The first kappa shape index (κ1) is 47.2. The van der Waals surface area contributed by atoms with E-state index in [9.17, 15) is 4.79 Å². The molecule has 2 aliphatic heterocycles. The summed E-state index contributed by atoms with van der Waals surface area (Å²) < 4.78 is 6.34. The fourth-order valence-corrected chi connectivity index (χ4v) is 7.22. The number of nitrogens with one attached hydrogen (secondary N) is 3. The number of likely N-dealkylation sites (N-methyl/N-ethyl adjacent to an activating group) is 1. The van der Waals surface area contributed by atoms with Crippen LogP contribution in [-0.4, -0.2) is 43.5 Å². The van der Waals surface area contributed by atoms with Gasteiger partial charge in [-0.15, -0.1) is 12.6 Å². The number of benzene rings is 4. The van der Waals surface area contributed by atoms with Gasteiger partial charge in [0, 0.05) is 55.3 Å². The number of anilines is 2. The van der Waals surface area contributed by atoms with Crippen LogP contribution in [0, 0.1) is 6.92 Å². The highest BCUT2D eigenvalue weighted by Crippen LogP contribution is 2.34. The van der Waals surface area contributed by atoms with Crippen LogP contribution in [0.2, 0.25) is 0 Å². The molecule has 0 amide bonds. The van der Waals surface area contributed by atoms with E-state index < -0.39 is 0 Å². The van der Waals surface area contributed by atoms with Crippen molar-refractivity contribution < 1.29 is 9.53 Å². The largest absolute Gasteiger partial charge is 0.489 e. The molecule has 6 rings (SSSR count). The number of nitrogens with zero attached hydrogens (tertiary/aromatic N) is 1. The lowest BCUT2D eigenvalue weighted by molar-refractivity contribution is 0.101. The smallest absolute Gasteiger partial charge is 0.159 e. The van der Waals surface area contributed by atoms with Crippen molar-refractivity contribution in [2.75, 3.05) is 31.3 Å². The zero-order valence-corrected chi connectivity index (χ0v) is 36.7. The molecule has 0 spiro atoms. The van der Waals surface area contributed by atoms with E-state index in [0.717, 1.165) is 77.2 Å². The van der Waals surface area contributed by atoms with Crippen molar-refractivity contribution >= 4 is 41.4 Å². The minimum absolute atomic E-state index is 0. The maximum absolute atomic E-state index is 11.8. The van der Waals surface area contributed by atoms with E-state index in [1.807, 2.05) is 56.5 Å². The van der Waals surface area contributed by atoms with Gasteiger partial charge in [0.15, 0.2) is 5.78 Å². The highest BCUT2D eigenvalue weighted by Gasteiger charge is 2.23. The van der Waals surface area contributed by atoms with E-state index in [1.54, 1.807) is 6.92 Å². The molecule has 0 fully saturated rings. The third-order valence-electron chi connectivity index (χ3n) is 10.9. The van der Waals surface area contributed by atoms with Crippen LogP contribution in [0.1, 0.15) is 91.2 Å². The van der Waals surface area contributed by atoms with Crippen molar-refractivity contribution in [2.24, 2.45) is 0 Å². The van der Waals surface area contributed by atoms with E-state index in [2.05, 4.69) is 147 Å². The summed E-state index contributed by atoms with van der Waals surface area (Å²) >= 11 is 3.90. The molecule has 0 aliphatic carbocycles. The lowest BCUT2D eigenvalue weighted by Crippen LogP contribution is -2.33. The number of hydrogen-bond acceptors (Lipinski definition) is 7. The number of Topliss-reactive ketones (excluding diaryl/α,β-unsaturated/α-hetero) is 1. The Bertz CT molecular complexity index is 2210. The molecule has 0 bridgehead atoms. The van der Waals surface area contributed by atoms with Gasteiger partial charge < -0.3 is 25.6 Å². The Labute approximate surface area is 366 Å². The Morgan fingerprint density at radius 3 is 2.38 bits per heavy atom. The minimum atomic E-state index is 0. The molecule has 3 N–H and O–H groups in total. The summed E-state index contributed by atoms with van der Waals surface area (Å²) in [6.45, 7) is 16.6. The van der Waals surface area contributed by atoms with E-state index in [1.165, 1.54) is 39.1 Å². The maximum atomic E-state index is 11.8. The van der Waals surface area contributed by atoms with Crippen LogP contribution in [0.5, 0.6) is 5.75 Å². The van der Waals surface area contributed by atoms with E-state index >= 15 is 0 Å². The van der Waals surface area contributed by atoms with Gasteiger partial charge in [-0.25, -0.2) is 0 Å². The van der Waals surface area contributed by atoms with Crippen molar-refractivity contribution in [1.82, 2.24) is 10.2 Å². The summed E-state index contributed by atoms with van der Waals surface area (Å²) in [5.74, 6) is 0.902. The number of ether oxygens (including phenoxy) is 1. The van der Waals surface area contributed by atoms with Crippen molar-refractivity contribution in [3.8, 4) is 5.75 Å². The van der Waals surface area contributed by atoms with Crippen LogP contribution in [0.4, 0.5) is 11.4 Å². The molecule has 0 radical (unpaired) electrons. The van der Waals surface area contributed by atoms with Gasteiger partial charge in [0.25, 0.3) is 0 Å². The van der Waals surface area contributed by atoms with Gasteiger partial charge in [0.1, 0.15) is 12.4 Å². The molecule has 0 aromatic heterocycles. The molecule has 4 aromatic rings. The number of allylic oxidation sites excluding steroid dienone is 6. The van der Waals surface area contributed by atoms with Gasteiger partial charge >= 0.3 is 0 Å². The van der Waals surface area contributed by atoms with Crippen LogP contribution in [-0.2, 0) is 19.4 Å². The average molecular weight is 823 g/mol. The molecular formula is C53H66N4O2S. The average Bonchev–Trinajstić information content (AvgIpc) is 3.50. The first-order valence-corrected chi connectivity index (χ1v) is 21.1. The normalized spacial score (nSPS) is 15.9. The summed E-state index contributed by atoms with van der Waals surface area (Å²) in [7, 11) is 4.14. The second-order valence-electron chi connectivity index (χ2n) is 15.3. The summed E-state index contributed by atoms with van der Waals surface area (Å²) in [5, 5.41) is 10.8. The van der Waals surface area contributed by atoms with Crippen LogP contribution in [0.3, 0.4) is 0 Å². The monoisotopic (exact) mass is 822 g/mol. The summed E-state index contributed by atoms with van der Waals surface area (Å²) in [6.07, 6.45) is 17.4. The van der Waals surface area contributed by atoms with Gasteiger partial charge in [-0.05, 0) is 133 Å². The van der Waals surface area contributed by atoms with Gasteiger partial charge in [-0.2, -0.15) is 0 Å². The standard InChI is InChI=1S/C48H54N4O2.C4H8S.CH4/c1-7-9-13-38(8-2)43-27-44(52(6)31-43)30-50-46-25-36(15-14-33(46)3)17-16-35-11-10-12-37(24-35)32-54-45-23-22-41-26-42(28-48(49-5)51-47(41)29-45)40-20-18-39(19-21-40)34(4)53;1-3-4(2)5;/h7-15,18-26,29,31,44,48-51H,1,16-17,27-28,30,32H2,2-6H3;5H,2-3H2,1H3;1H4/b13-9-,38-8+;;/t44?,48-;;/m1../s1. The van der Waals surface area contributed by atoms with Crippen LogP contribution < -0.4 is 20.7 Å². The molecule has 1 unspecified atom stereocenters. The van der Waals surface area contributed by atoms with Crippen LogP contribution in [0.15, 0.2) is 145 Å². The number of carbonyl (C=O) groups is 1. The van der Waals surface area contributed by atoms with Gasteiger partial charge in [-0.1, -0.05) is 112 Å². The van der Waals surface area contributed by atoms with Crippen molar-refractivity contribution in [3.63, 3.8) is 0 Å². The minimum Gasteiger partial charge on any atom is -0.489 e. The van der Waals surface area contributed by atoms with Crippen molar-refractivity contribution in [1.29, 1.82) is 0 Å². The second-order valence-corrected chi connectivity index (χ2v) is 15.9. The van der Waals surface area contributed by atoms with Crippen LogP contribution in [0.25, 0.3) is 11.6 Å². The fourth-order valence-electron chi connectivity index (χ4n) is 7.22. The Morgan fingerprint density at radius 2 is 1.72 bits per heavy atom. The lowest BCUT2D eigenvalue weighted by atomic mass is 9.98. The predicted molar refractivity (Wildman–Crippen MR) is 262 cm³/mol. The van der Waals surface area contributed by atoms with Gasteiger partial charge in [0.2, 0.25) is 0 Å². The fraction of sp³-hybridized carbons (Fsp3) is 0.302. The summed E-state index contributed by atoms with van der Waals surface area (Å²) in [6, 6.07) is 30.1. The first-order chi connectivity index (χ1) is 28.5. The van der Waals surface area contributed by atoms with Crippen molar-refractivity contribution in [3.05, 3.63) is 184 Å². The van der Waals surface area contributed by atoms with Crippen molar-refractivity contribution in [2.45, 2.75) is 86.0 Å². The highest BCUT2D eigenvalue weighted by atomic mass is 32.1. The molecule has 7 heteroatoms. The Balaban J connectivity index is 0.00000125. The molecule has 60 heavy (non-hydrogen) atoms. The zero-order chi connectivity index (χ0) is 42.3. The molecule has 0 saturated carbocycles. The summed E-state index contributed by atoms with van der Waals surface area (Å²) in [5.41, 5.74) is 14.1. The Kier molecular flexibility index (Phi) is 18.3. The third kappa shape index (κ3) is 13.5. The Hall–Kier alpha value is -5.50. The second kappa shape index (κ2) is 23.3. The number of aryl methyl sites for hydroxylation is 3. The number of ketones is 1. The lowest BCUT2D eigenvalue weighted by Gasteiger charge is -2.22. The molecule has 0 saturated heterocycles. The molecule has 316 valence electrons. The summed E-state index contributed by atoms with van der Waals surface area (Å²) in [4.78, 5) is 15.1. The number of hydrogen-bond donors (Lipinski definition) is 4. The molecule has 4 aromatic carbocycles. The topological polar surface area (TPSA) is 65.6 Å². The van der Waals surface area contributed by atoms with Crippen LogP contribution >= 0.6 is 12.6 Å². The highest BCUT2D eigenvalue weighted by molar-refractivity contribution is 7.84. The van der Waals surface area contributed by atoms with Gasteiger partial charge in [-0.3, -0.25) is 4.79 Å². The number of rotatable bonds is 16. The SMILES string of the molecule is C.C=C(S)CC.C=C/C=C\C(=C/C)C1=CN(C)C(CNc2cc(CCc3cccc(COc4ccc5c(c4)N[C@@H](NC)CC(c4ccc(C(C)=O)cc4)=C5)c3)ccc2C)C1. The Morgan fingerprint density at radius 1 is 1.00 bits per heavy atom. The molecule has 2 aliphatic rings. The quantitative estimate of drug-likeness (QED) is 0.0513. The van der Waals surface area contributed by atoms with E-state index in [0.29, 0.717) is 12.6 Å². The van der Waals surface area contributed by atoms with E-state index in [4.69, 9.17) is 4.74 Å². The number of fused-ring (bicyclic) bond motifs is 1. The number of carbonyl (C=O) groups excluding carboxylic acids is 1. The number of thiol groups is 1. The first-order valence-electron chi connectivity index (χ1n) is 20.7. The zero-order valence-electron chi connectivity index (χ0n) is 35.8. The maximum Gasteiger partial charge on any atom is 0.159 e. The third-order valence-corrected chi connectivity index (χ3v) is 11.3. The molecule has 2 heterocycles. The predicted octanol–water partition coefficient (Wildman–Crippen LogP) is 12.6. The molecule has 2 atom stereocenters.